The molecule has 24 aromatic carbocycles. The summed E-state index contributed by atoms with van der Waals surface area (Å²) in [6, 6.07) is 192. The fourth-order valence-corrected chi connectivity index (χ4v) is 26.9. The third-order valence-corrected chi connectivity index (χ3v) is 34.2. The summed E-state index contributed by atoms with van der Waals surface area (Å²) in [6.07, 6.45) is 0. The van der Waals surface area contributed by atoms with Crippen molar-refractivity contribution in [3.8, 4) is 140 Å². The Hall–Kier alpha value is -18.8. The first kappa shape index (κ1) is 86.7. The lowest BCUT2D eigenvalue weighted by molar-refractivity contribution is 1.08. The summed E-state index contributed by atoms with van der Waals surface area (Å²) < 4.78 is 15.2. The molecule has 0 fully saturated rings. The minimum atomic E-state index is 0.899. The third-order valence-electron chi connectivity index (χ3n) is 30.7. The molecule has 0 N–H and O–H groups in total. The molecular weight excluding hydrogens is 1870 g/mol. The largest absolute Gasteiger partial charge is 0.309 e. The van der Waals surface area contributed by atoms with Crippen LogP contribution in [0.25, 0.3) is 298 Å². The number of thiophene rings is 3. The van der Waals surface area contributed by atoms with Crippen LogP contribution in [0.2, 0.25) is 0 Å². The molecule has 0 aliphatic heterocycles. The van der Waals surface area contributed by atoms with Gasteiger partial charge in [0.2, 0.25) is 0 Å². The molecule has 0 radical (unpaired) electrons. The summed E-state index contributed by atoms with van der Waals surface area (Å²) in [7, 11) is 0. The number of fused-ring (bicyclic) bond motifs is 9. The summed E-state index contributed by atoms with van der Waals surface area (Å²) in [4.78, 5) is 10.8. The number of hydrogen-bond donors (Lipinski definition) is 0. The molecule has 32 aromatic rings. The molecule has 0 aliphatic carbocycles. The molecule has 8 heterocycles. The Balaban J connectivity index is 0.000000104. The highest BCUT2D eigenvalue weighted by Gasteiger charge is 2.28. The molecule has 0 amide bonds. The zero-order valence-corrected chi connectivity index (χ0v) is 83.6. The summed E-state index contributed by atoms with van der Waals surface area (Å²) in [5.41, 5.74) is 34.1. The van der Waals surface area contributed by atoms with Crippen molar-refractivity contribution in [2.24, 2.45) is 0 Å². The third kappa shape index (κ3) is 14.6. The van der Waals surface area contributed by atoms with Crippen LogP contribution in [-0.4, -0.2) is 23.7 Å². The first-order chi connectivity index (χ1) is 74.3. The zero-order valence-electron chi connectivity index (χ0n) is 81.2. The van der Waals surface area contributed by atoms with Crippen molar-refractivity contribution in [3.05, 3.63) is 528 Å². The monoisotopic (exact) mass is 1960 g/mol. The first-order valence-electron chi connectivity index (χ1n) is 51.2. The number of hydrogen-bond acceptors (Lipinski definition) is 5. The van der Waals surface area contributed by atoms with Gasteiger partial charge in [0.1, 0.15) is 11.6 Å². The fourth-order valence-electron chi connectivity index (χ4n) is 23.7. The SMILES string of the molecule is c1ccc(-c2cc(-c3ccccc3)cc(-n3c4cccc5ccc6c(-c7ccc8sc9ccccc9c8c7)ccc3c6c54)c2)cc1.c1ccc(-c2cc(-c3ccccc3)nc(-n3c4cccc5ccc6c(-c7ccc8sc9ccccc9c8c7)ccc3c6c54)c2)cc1.c1ccc(-c2ccc(-c3cc(-c4ccc(-c5ccccc5)cc4)nc(-n4c5cccc6ccc7c(-c8ccc9sc%10ccccc%10c9c8)ccc4c7c65)c3)cc2)cc1. The molecule has 8 heteroatoms. The molecule has 0 bridgehead atoms. The van der Waals surface area contributed by atoms with E-state index < -0.39 is 0 Å². The highest BCUT2D eigenvalue weighted by Crippen LogP contribution is 2.52. The maximum Gasteiger partial charge on any atom is 0.138 e. The highest BCUT2D eigenvalue weighted by atomic mass is 32.1. The van der Waals surface area contributed by atoms with Gasteiger partial charge >= 0.3 is 0 Å². The predicted molar refractivity (Wildman–Crippen MR) is 642 cm³/mol. The van der Waals surface area contributed by atoms with E-state index in [0.717, 1.165) is 61.9 Å². The van der Waals surface area contributed by atoms with Crippen molar-refractivity contribution in [1.82, 2.24) is 23.7 Å². The maximum atomic E-state index is 5.50. The van der Waals surface area contributed by atoms with Gasteiger partial charge in [0.15, 0.2) is 0 Å². The fraction of sp³-hybridized carbons (Fsp3) is 0. The second-order valence-electron chi connectivity index (χ2n) is 39.2. The van der Waals surface area contributed by atoms with Crippen molar-refractivity contribution >= 4 is 192 Å². The van der Waals surface area contributed by atoms with Crippen molar-refractivity contribution in [2.45, 2.75) is 0 Å². The van der Waals surface area contributed by atoms with E-state index in [4.69, 9.17) is 9.97 Å². The van der Waals surface area contributed by atoms with Gasteiger partial charge < -0.3 is 4.57 Å². The lowest BCUT2D eigenvalue weighted by Crippen LogP contribution is -2.00. The van der Waals surface area contributed by atoms with E-state index >= 15 is 0 Å². The van der Waals surface area contributed by atoms with Crippen LogP contribution >= 0.6 is 34.0 Å². The van der Waals surface area contributed by atoms with E-state index in [9.17, 15) is 0 Å². The number of rotatable bonds is 14. The van der Waals surface area contributed by atoms with Crippen LogP contribution < -0.4 is 0 Å². The summed E-state index contributed by atoms with van der Waals surface area (Å²) in [5, 5.41) is 23.3. The van der Waals surface area contributed by atoms with Gasteiger partial charge in [-0.2, -0.15) is 0 Å². The summed E-state index contributed by atoms with van der Waals surface area (Å²) >= 11 is 5.60. The topological polar surface area (TPSA) is 40.6 Å². The Bertz CT molecular complexity index is 10300. The van der Waals surface area contributed by atoms with E-state index in [1.165, 1.54) is 236 Å². The van der Waals surface area contributed by atoms with Crippen molar-refractivity contribution < 1.29 is 0 Å². The Labute approximate surface area is 876 Å². The zero-order chi connectivity index (χ0) is 98.5. The molecule has 8 aromatic heterocycles. The van der Waals surface area contributed by atoms with Crippen LogP contribution in [0.4, 0.5) is 0 Å². The molecule has 0 saturated heterocycles. The molecule has 0 spiro atoms. The van der Waals surface area contributed by atoms with E-state index in [2.05, 4.69) is 541 Å². The van der Waals surface area contributed by atoms with Crippen LogP contribution in [0.3, 0.4) is 0 Å². The molecule has 0 unspecified atom stereocenters. The number of pyridine rings is 2. The molecule has 32 rings (SSSR count). The normalized spacial score (nSPS) is 11.9. The van der Waals surface area contributed by atoms with Crippen LogP contribution in [0, 0.1) is 0 Å². The average Bonchev–Trinajstić information content (AvgIpc) is 1.56. The Morgan fingerprint density at radius 1 is 0.140 bits per heavy atom. The van der Waals surface area contributed by atoms with Gasteiger partial charge in [-0.15, -0.1) is 34.0 Å². The van der Waals surface area contributed by atoms with Crippen LogP contribution in [0.5, 0.6) is 0 Å². The van der Waals surface area contributed by atoms with E-state index in [-0.39, 0.29) is 0 Å². The van der Waals surface area contributed by atoms with E-state index in [1.54, 1.807) is 0 Å². The average molecular weight is 1960 g/mol. The molecular formula is C142H87N5S3. The van der Waals surface area contributed by atoms with Gasteiger partial charge in [0, 0.05) is 110 Å². The Morgan fingerprint density at radius 3 is 0.753 bits per heavy atom. The Kier molecular flexibility index (Phi) is 20.5. The summed E-state index contributed by atoms with van der Waals surface area (Å²) in [6.45, 7) is 0. The second kappa shape index (κ2) is 35.6. The molecule has 0 saturated carbocycles. The minimum Gasteiger partial charge on any atom is -0.309 e. The van der Waals surface area contributed by atoms with Gasteiger partial charge in [-0.1, -0.05) is 394 Å². The lowest BCUT2D eigenvalue weighted by Gasteiger charge is -2.14. The maximum absolute atomic E-state index is 5.50. The second-order valence-corrected chi connectivity index (χ2v) is 42.5. The van der Waals surface area contributed by atoms with Crippen LogP contribution in [0.15, 0.2) is 528 Å². The first-order valence-corrected chi connectivity index (χ1v) is 53.6. The standard InChI is InChI=1S/C55H34N2S.C44H27NS.C43H26N2S/c1-3-10-35(11-4-1)37-18-20-39(21-19-37)43-33-48(40-24-22-38(23-25-40)36-12-5-2-6-13-36)56-53(34-43)57-49-16-9-14-41-26-28-46-44(29-30-50(57)55(46)54(41)49)42-27-31-52-47(32-42)45-15-7-8-17-51(45)58-52;1-3-10-28(11-4-1)32-24-33(29-12-5-2-6-13-29)26-34(25-32)45-39-16-9-14-30-18-20-37-35(21-22-40(45)44(37)43(30)39)31-19-23-42-38(27-31)36-15-7-8-17-41(36)46-42;1-3-10-27(11-4-1)31-25-36(28-12-5-2-6-13-28)44-41(26-31)45-37-16-9-14-29-18-20-34-32(21-22-38(45)43(34)42(29)37)30-19-23-40-35(24-30)33-15-7-8-17-39(33)46-40/h1-34H;1-27H;1-26H. The molecule has 0 aliphatic rings. The van der Waals surface area contributed by atoms with Crippen molar-refractivity contribution in [1.29, 1.82) is 0 Å². The molecule has 698 valence electrons. The van der Waals surface area contributed by atoms with Gasteiger partial charge in [-0.05, 0) is 266 Å². The van der Waals surface area contributed by atoms with E-state index in [0.29, 0.717) is 0 Å². The molecule has 150 heavy (non-hydrogen) atoms. The van der Waals surface area contributed by atoms with Crippen LogP contribution in [-0.2, 0) is 0 Å². The number of aromatic nitrogens is 5. The van der Waals surface area contributed by atoms with Crippen molar-refractivity contribution in [2.75, 3.05) is 0 Å². The quantitative estimate of drug-likeness (QED) is 0.102. The van der Waals surface area contributed by atoms with E-state index in [1.807, 2.05) is 34.0 Å². The Morgan fingerprint density at radius 2 is 0.400 bits per heavy atom. The lowest BCUT2D eigenvalue weighted by atomic mass is 9.94. The van der Waals surface area contributed by atoms with Crippen LogP contribution in [0.1, 0.15) is 0 Å². The number of nitrogens with zero attached hydrogens (tertiary/aromatic N) is 5. The van der Waals surface area contributed by atoms with Gasteiger partial charge in [0.05, 0.1) is 44.5 Å². The molecule has 5 nitrogen and oxygen atoms in total. The number of benzene rings is 24. The summed E-state index contributed by atoms with van der Waals surface area (Å²) in [5.74, 6) is 1.82. The molecule has 0 atom stereocenters. The minimum absolute atomic E-state index is 0.899. The highest BCUT2D eigenvalue weighted by molar-refractivity contribution is 7.26. The predicted octanol–water partition coefficient (Wildman–Crippen LogP) is 40.4. The van der Waals surface area contributed by atoms with Crippen molar-refractivity contribution in [3.63, 3.8) is 0 Å². The smallest absolute Gasteiger partial charge is 0.138 e. The van der Waals surface area contributed by atoms with Gasteiger partial charge in [-0.3, -0.25) is 9.13 Å². The van der Waals surface area contributed by atoms with Gasteiger partial charge in [-0.25, -0.2) is 9.97 Å². The van der Waals surface area contributed by atoms with Gasteiger partial charge in [0.25, 0.3) is 0 Å².